The number of thiazole rings is 1. The van der Waals surface area contributed by atoms with Crippen LogP contribution >= 0.6 is 11.3 Å². The van der Waals surface area contributed by atoms with E-state index < -0.39 is 17.6 Å². The second-order valence-electron chi connectivity index (χ2n) is 4.02. The van der Waals surface area contributed by atoms with Gasteiger partial charge in [-0.2, -0.15) is 13.2 Å². The molecule has 1 aromatic heterocycles. The van der Waals surface area contributed by atoms with Crippen molar-refractivity contribution in [2.24, 2.45) is 0 Å². The maximum absolute atomic E-state index is 12.9. The number of amides is 1. The Morgan fingerprint density at radius 1 is 1.40 bits per heavy atom. The van der Waals surface area contributed by atoms with E-state index in [9.17, 15) is 18.0 Å². The second kappa shape index (κ2) is 5.12. The van der Waals surface area contributed by atoms with Gasteiger partial charge in [-0.3, -0.25) is 4.79 Å². The molecule has 0 saturated carbocycles. The van der Waals surface area contributed by atoms with Crippen molar-refractivity contribution in [2.75, 3.05) is 11.1 Å². The average Bonchev–Trinajstić information content (AvgIpc) is 2.76. The van der Waals surface area contributed by atoms with Crippen molar-refractivity contribution >= 4 is 28.6 Å². The molecule has 20 heavy (non-hydrogen) atoms. The standard InChI is InChI=1S/C12H10F3N3OS/c1-6-10(20-5-17-6)11(19)18-9-3-2-7(16)4-8(9)12(13,14)15/h2-5H,16H2,1H3,(H,18,19). The highest BCUT2D eigenvalue weighted by Gasteiger charge is 2.34. The number of hydrogen-bond acceptors (Lipinski definition) is 4. The molecule has 106 valence electrons. The lowest BCUT2D eigenvalue weighted by molar-refractivity contribution is -0.136. The van der Waals surface area contributed by atoms with Crippen LogP contribution in [0.15, 0.2) is 23.7 Å². The third-order valence-electron chi connectivity index (χ3n) is 2.55. The molecule has 0 spiro atoms. The van der Waals surface area contributed by atoms with Crippen molar-refractivity contribution in [3.05, 3.63) is 39.8 Å². The number of nitrogens with zero attached hydrogens (tertiary/aromatic N) is 1. The Labute approximate surface area is 116 Å². The molecule has 0 aliphatic rings. The van der Waals surface area contributed by atoms with Gasteiger partial charge in [0.25, 0.3) is 5.91 Å². The summed E-state index contributed by atoms with van der Waals surface area (Å²) in [6.07, 6.45) is -4.60. The Kier molecular flexibility index (Phi) is 3.67. The highest BCUT2D eigenvalue weighted by atomic mass is 32.1. The second-order valence-corrected chi connectivity index (χ2v) is 4.88. The van der Waals surface area contributed by atoms with Crippen molar-refractivity contribution < 1.29 is 18.0 Å². The van der Waals surface area contributed by atoms with Crippen LogP contribution in [0.4, 0.5) is 24.5 Å². The van der Waals surface area contributed by atoms with E-state index in [1.807, 2.05) is 0 Å². The summed E-state index contributed by atoms with van der Waals surface area (Å²) >= 11 is 1.06. The van der Waals surface area contributed by atoms with Gasteiger partial charge in [0.05, 0.1) is 22.5 Å². The Bertz CT molecular complexity index is 652. The van der Waals surface area contributed by atoms with E-state index in [0.29, 0.717) is 5.69 Å². The van der Waals surface area contributed by atoms with Gasteiger partial charge in [-0.15, -0.1) is 11.3 Å². The van der Waals surface area contributed by atoms with Gasteiger partial charge in [0.15, 0.2) is 0 Å². The highest BCUT2D eigenvalue weighted by Crippen LogP contribution is 2.36. The van der Waals surface area contributed by atoms with E-state index in [2.05, 4.69) is 10.3 Å². The molecule has 3 N–H and O–H groups in total. The largest absolute Gasteiger partial charge is 0.418 e. The molecule has 1 amide bonds. The zero-order valence-electron chi connectivity index (χ0n) is 10.3. The maximum atomic E-state index is 12.9. The van der Waals surface area contributed by atoms with E-state index in [-0.39, 0.29) is 16.3 Å². The van der Waals surface area contributed by atoms with Crippen LogP contribution in [0, 0.1) is 6.92 Å². The number of halogens is 3. The number of nitrogens with one attached hydrogen (secondary N) is 1. The Morgan fingerprint density at radius 3 is 2.65 bits per heavy atom. The van der Waals surface area contributed by atoms with Gasteiger partial charge >= 0.3 is 6.18 Å². The fourth-order valence-corrected chi connectivity index (χ4v) is 2.30. The van der Waals surface area contributed by atoms with Crippen LogP contribution in [0.1, 0.15) is 20.9 Å². The predicted molar refractivity (Wildman–Crippen MR) is 70.7 cm³/mol. The van der Waals surface area contributed by atoms with E-state index in [4.69, 9.17) is 5.73 Å². The molecule has 1 heterocycles. The summed E-state index contributed by atoms with van der Waals surface area (Å²) in [5, 5.41) is 2.24. The lowest BCUT2D eigenvalue weighted by atomic mass is 10.1. The highest BCUT2D eigenvalue weighted by molar-refractivity contribution is 7.12. The third kappa shape index (κ3) is 2.90. The first-order valence-electron chi connectivity index (χ1n) is 5.47. The van der Waals surface area contributed by atoms with Gasteiger partial charge < -0.3 is 11.1 Å². The smallest absolute Gasteiger partial charge is 0.399 e. The molecule has 4 nitrogen and oxygen atoms in total. The molecular weight excluding hydrogens is 291 g/mol. The van der Waals surface area contributed by atoms with Gasteiger partial charge in [-0.1, -0.05) is 0 Å². The fourth-order valence-electron chi connectivity index (χ4n) is 1.60. The minimum Gasteiger partial charge on any atom is -0.399 e. The molecule has 0 fully saturated rings. The molecule has 0 bridgehead atoms. The number of hydrogen-bond donors (Lipinski definition) is 2. The predicted octanol–water partition coefficient (Wildman–Crippen LogP) is 3.30. The Balaban J connectivity index is 2.35. The number of aromatic nitrogens is 1. The first-order chi connectivity index (χ1) is 9.29. The summed E-state index contributed by atoms with van der Waals surface area (Å²) in [5.41, 5.74) is 5.95. The quantitative estimate of drug-likeness (QED) is 0.836. The monoisotopic (exact) mass is 301 g/mol. The van der Waals surface area contributed by atoms with Gasteiger partial charge in [0.2, 0.25) is 0 Å². The summed E-state index contributed by atoms with van der Waals surface area (Å²) in [7, 11) is 0. The molecule has 1 aromatic carbocycles. The van der Waals surface area contributed by atoms with Crippen LogP contribution in [0.3, 0.4) is 0 Å². The molecule has 0 atom stereocenters. The average molecular weight is 301 g/mol. The number of nitrogen functional groups attached to an aromatic ring is 1. The van der Waals surface area contributed by atoms with Crippen molar-refractivity contribution in [1.82, 2.24) is 4.98 Å². The number of aryl methyl sites for hydroxylation is 1. The number of alkyl halides is 3. The first-order valence-corrected chi connectivity index (χ1v) is 6.35. The molecular formula is C12H10F3N3OS. The zero-order chi connectivity index (χ0) is 14.9. The number of carbonyl (C=O) groups excluding carboxylic acids is 1. The number of anilines is 2. The van der Waals surface area contributed by atoms with Crippen molar-refractivity contribution in [3.8, 4) is 0 Å². The molecule has 0 aliphatic heterocycles. The van der Waals surface area contributed by atoms with Crippen molar-refractivity contribution in [3.63, 3.8) is 0 Å². The number of carbonyl (C=O) groups is 1. The van der Waals surface area contributed by atoms with Crippen LogP contribution in [0.5, 0.6) is 0 Å². The zero-order valence-corrected chi connectivity index (χ0v) is 11.1. The Morgan fingerprint density at radius 2 is 2.10 bits per heavy atom. The van der Waals surface area contributed by atoms with Gasteiger partial charge in [0, 0.05) is 5.69 Å². The van der Waals surface area contributed by atoms with Crippen LogP contribution in [0.25, 0.3) is 0 Å². The van der Waals surface area contributed by atoms with Crippen LogP contribution in [-0.4, -0.2) is 10.9 Å². The molecule has 2 rings (SSSR count). The molecule has 0 aliphatic carbocycles. The van der Waals surface area contributed by atoms with Crippen LogP contribution in [-0.2, 0) is 6.18 Å². The molecule has 2 aromatic rings. The summed E-state index contributed by atoms with van der Waals surface area (Å²) in [6, 6.07) is 3.21. The molecule has 8 heteroatoms. The van der Waals surface area contributed by atoms with E-state index in [0.717, 1.165) is 23.5 Å². The number of rotatable bonds is 2. The van der Waals surface area contributed by atoms with Gasteiger partial charge in [0.1, 0.15) is 4.88 Å². The summed E-state index contributed by atoms with van der Waals surface area (Å²) in [4.78, 5) is 16.1. The molecule has 0 unspecified atom stereocenters. The maximum Gasteiger partial charge on any atom is 0.418 e. The lowest BCUT2D eigenvalue weighted by Crippen LogP contribution is -2.16. The van der Waals surface area contributed by atoms with E-state index >= 15 is 0 Å². The van der Waals surface area contributed by atoms with E-state index in [1.165, 1.54) is 11.6 Å². The van der Waals surface area contributed by atoms with Crippen molar-refractivity contribution in [2.45, 2.75) is 13.1 Å². The third-order valence-corrected chi connectivity index (χ3v) is 3.48. The lowest BCUT2D eigenvalue weighted by Gasteiger charge is -2.14. The number of nitrogens with two attached hydrogens (primary N) is 1. The van der Waals surface area contributed by atoms with Crippen LogP contribution in [0.2, 0.25) is 0 Å². The normalized spacial score (nSPS) is 11.4. The molecule has 0 radical (unpaired) electrons. The topological polar surface area (TPSA) is 68.0 Å². The van der Waals surface area contributed by atoms with Gasteiger partial charge in [-0.05, 0) is 25.1 Å². The van der Waals surface area contributed by atoms with Crippen LogP contribution < -0.4 is 11.1 Å². The first kappa shape index (κ1) is 14.3. The summed E-state index contributed by atoms with van der Waals surface area (Å²) in [5.74, 6) is -0.625. The Hall–Kier alpha value is -2.09. The minimum absolute atomic E-state index is 0.0238. The summed E-state index contributed by atoms with van der Waals surface area (Å²) < 4.78 is 38.7. The minimum atomic E-state index is -4.60. The SMILES string of the molecule is Cc1ncsc1C(=O)Nc1ccc(N)cc1C(F)(F)F. The van der Waals surface area contributed by atoms with Crippen molar-refractivity contribution in [1.29, 1.82) is 0 Å². The number of benzene rings is 1. The van der Waals surface area contributed by atoms with E-state index in [1.54, 1.807) is 6.92 Å². The molecule has 0 saturated heterocycles. The van der Waals surface area contributed by atoms with Gasteiger partial charge in [-0.25, -0.2) is 4.98 Å². The summed E-state index contributed by atoms with van der Waals surface area (Å²) in [6.45, 7) is 1.61. The fraction of sp³-hybridized carbons (Fsp3) is 0.167.